The fraction of sp³-hybridized carbons (Fsp3) is 0.368. The maximum Gasteiger partial charge on any atom is 0.122 e. The Morgan fingerprint density at radius 1 is 1.05 bits per heavy atom. The lowest BCUT2D eigenvalue weighted by Gasteiger charge is -2.15. The third kappa shape index (κ3) is 4.61. The summed E-state index contributed by atoms with van der Waals surface area (Å²) in [4.78, 5) is 0. The summed E-state index contributed by atoms with van der Waals surface area (Å²) in [6, 6.07) is 15.1. The van der Waals surface area contributed by atoms with Gasteiger partial charge in [0.1, 0.15) is 5.75 Å². The topological polar surface area (TPSA) is 35.2 Å². The molecule has 2 nitrogen and oxygen atoms in total. The zero-order chi connectivity index (χ0) is 15.2. The molecule has 0 aliphatic carbocycles. The van der Waals surface area contributed by atoms with Gasteiger partial charge in [0.25, 0.3) is 0 Å². The van der Waals surface area contributed by atoms with Crippen molar-refractivity contribution in [3.8, 4) is 5.75 Å². The summed E-state index contributed by atoms with van der Waals surface area (Å²) < 4.78 is 5.42. The summed E-state index contributed by atoms with van der Waals surface area (Å²) in [5.41, 5.74) is 11.4. The molecule has 0 saturated heterocycles. The van der Waals surface area contributed by atoms with Crippen molar-refractivity contribution in [2.75, 3.05) is 7.11 Å². The predicted octanol–water partition coefficient (Wildman–Crippen LogP) is 3.81. The molecular weight excluding hydrogens is 258 g/mol. The van der Waals surface area contributed by atoms with Crippen LogP contribution in [0.5, 0.6) is 5.75 Å². The molecule has 0 spiro atoms. The fourth-order valence-electron chi connectivity index (χ4n) is 2.67. The molecule has 2 N–H and O–H groups in total. The van der Waals surface area contributed by atoms with Crippen LogP contribution in [0.15, 0.2) is 42.5 Å². The second kappa shape index (κ2) is 7.28. The number of hydrogen-bond acceptors (Lipinski definition) is 2. The van der Waals surface area contributed by atoms with Crippen LogP contribution in [-0.2, 0) is 12.8 Å². The van der Waals surface area contributed by atoms with Crippen molar-refractivity contribution < 1.29 is 4.74 Å². The summed E-state index contributed by atoms with van der Waals surface area (Å²) in [7, 11) is 1.71. The van der Waals surface area contributed by atoms with Crippen molar-refractivity contribution in [3.05, 3.63) is 64.7 Å². The second-order valence-corrected chi connectivity index (χ2v) is 5.81. The van der Waals surface area contributed by atoms with Crippen LogP contribution in [-0.4, -0.2) is 13.2 Å². The zero-order valence-corrected chi connectivity index (χ0v) is 13.2. The minimum absolute atomic E-state index is 0.154. The average molecular weight is 283 g/mol. The van der Waals surface area contributed by atoms with Crippen LogP contribution in [0.1, 0.15) is 28.7 Å². The monoisotopic (exact) mass is 283 g/mol. The molecule has 112 valence electrons. The molecule has 0 radical (unpaired) electrons. The Labute approximate surface area is 127 Å². The summed E-state index contributed by atoms with van der Waals surface area (Å²) in [6.07, 6.45) is 2.87. The van der Waals surface area contributed by atoms with Crippen molar-refractivity contribution in [2.24, 2.45) is 5.73 Å². The molecule has 21 heavy (non-hydrogen) atoms. The maximum atomic E-state index is 6.31. The molecule has 0 fully saturated rings. The van der Waals surface area contributed by atoms with Gasteiger partial charge in [0.05, 0.1) is 7.11 Å². The van der Waals surface area contributed by atoms with Gasteiger partial charge in [0, 0.05) is 6.04 Å². The van der Waals surface area contributed by atoms with E-state index in [2.05, 4.69) is 50.2 Å². The molecule has 2 rings (SSSR count). The molecule has 0 aliphatic heterocycles. The summed E-state index contributed by atoms with van der Waals surface area (Å²) in [5.74, 6) is 0.937. The van der Waals surface area contributed by atoms with E-state index >= 15 is 0 Å². The van der Waals surface area contributed by atoms with Gasteiger partial charge in [-0.1, -0.05) is 47.5 Å². The SMILES string of the molecule is COc1ccc(C)cc1CC(N)CCc1cccc(C)c1. The van der Waals surface area contributed by atoms with E-state index in [0.717, 1.165) is 25.0 Å². The Balaban J connectivity index is 1.95. The van der Waals surface area contributed by atoms with Gasteiger partial charge < -0.3 is 10.5 Å². The Morgan fingerprint density at radius 2 is 1.81 bits per heavy atom. The first-order valence-electron chi connectivity index (χ1n) is 7.53. The first kappa shape index (κ1) is 15.6. The molecule has 0 amide bonds. The van der Waals surface area contributed by atoms with Gasteiger partial charge in [-0.2, -0.15) is 0 Å². The van der Waals surface area contributed by atoms with Gasteiger partial charge in [-0.05, 0) is 50.3 Å². The molecule has 2 heteroatoms. The number of ether oxygens (including phenoxy) is 1. The fourth-order valence-corrected chi connectivity index (χ4v) is 2.67. The maximum absolute atomic E-state index is 6.31. The van der Waals surface area contributed by atoms with Crippen LogP contribution < -0.4 is 10.5 Å². The molecule has 0 aromatic heterocycles. The van der Waals surface area contributed by atoms with Gasteiger partial charge in [-0.3, -0.25) is 0 Å². The van der Waals surface area contributed by atoms with Crippen LogP contribution >= 0.6 is 0 Å². The molecule has 0 aliphatic rings. The summed E-state index contributed by atoms with van der Waals surface area (Å²) >= 11 is 0. The third-order valence-electron chi connectivity index (χ3n) is 3.80. The molecule has 1 atom stereocenters. The van der Waals surface area contributed by atoms with Gasteiger partial charge in [-0.15, -0.1) is 0 Å². The van der Waals surface area contributed by atoms with E-state index in [4.69, 9.17) is 10.5 Å². The van der Waals surface area contributed by atoms with Gasteiger partial charge in [0.15, 0.2) is 0 Å². The normalized spacial score (nSPS) is 12.2. The van der Waals surface area contributed by atoms with Gasteiger partial charge >= 0.3 is 0 Å². The highest BCUT2D eigenvalue weighted by atomic mass is 16.5. The number of nitrogens with two attached hydrogens (primary N) is 1. The number of hydrogen-bond donors (Lipinski definition) is 1. The third-order valence-corrected chi connectivity index (χ3v) is 3.80. The minimum Gasteiger partial charge on any atom is -0.496 e. The Kier molecular flexibility index (Phi) is 5.40. The molecule has 2 aromatic carbocycles. The van der Waals surface area contributed by atoms with Crippen molar-refractivity contribution in [1.29, 1.82) is 0 Å². The molecular formula is C19H25NO. The standard InChI is InChI=1S/C19H25NO/c1-14-5-4-6-16(11-14)8-9-18(20)13-17-12-15(2)7-10-19(17)21-3/h4-7,10-12,18H,8-9,13,20H2,1-3H3. The molecule has 1 unspecified atom stereocenters. The van der Waals surface area contributed by atoms with E-state index in [9.17, 15) is 0 Å². The lowest BCUT2D eigenvalue weighted by atomic mass is 9.97. The van der Waals surface area contributed by atoms with Crippen LogP contribution in [0, 0.1) is 13.8 Å². The van der Waals surface area contributed by atoms with Crippen LogP contribution in [0.25, 0.3) is 0 Å². The Morgan fingerprint density at radius 3 is 2.52 bits per heavy atom. The highest BCUT2D eigenvalue weighted by Gasteiger charge is 2.09. The first-order valence-corrected chi connectivity index (χ1v) is 7.53. The average Bonchev–Trinajstić information content (AvgIpc) is 2.45. The largest absolute Gasteiger partial charge is 0.496 e. The highest BCUT2D eigenvalue weighted by Crippen LogP contribution is 2.21. The van der Waals surface area contributed by atoms with Crippen molar-refractivity contribution in [1.82, 2.24) is 0 Å². The summed E-state index contributed by atoms with van der Waals surface area (Å²) in [6.45, 7) is 4.22. The zero-order valence-electron chi connectivity index (χ0n) is 13.2. The van der Waals surface area contributed by atoms with E-state index < -0.39 is 0 Å². The van der Waals surface area contributed by atoms with Gasteiger partial charge in [-0.25, -0.2) is 0 Å². The van der Waals surface area contributed by atoms with Crippen molar-refractivity contribution in [3.63, 3.8) is 0 Å². The molecule has 0 bridgehead atoms. The second-order valence-electron chi connectivity index (χ2n) is 5.81. The molecule has 0 heterocycles. The Hall–Kier alpha value is -1.80. The smallest absolute Gasteiger partial charge is 0.122 e. The number of methoxy groups -OCH3 is 1. The van der Waals surface area contributed by atoms with Crippen molar-refractivity contribution >= 4 is 0 Å². The van der Waals surface area contributed by atoms with Crippen LogP contribution in [0.4, 0.5) is 0 Å². The lowest BCUT2D eigenvalue weighted by molar-refractivity contribution is 0.407. The molecule has 2 aromatic rings. The summed E-state index contributed by atoms with van der Waals surface area (Å²) in [5, 5.41) is 0. The highest BCUT2D eigenvalue weighted by molar-refractivity contribution is 5.37. The quantitative estimate of drug-likeness (QED) is 0.875. The van der Waals surface area contributed by atoms with E-state index in [1.807, 2.05) is 6.07 Å². The van der Waals surface area contributed by atoms with E-state index in [1.165, 1.54) is 22.3 Å². The number of aryl methyl sites for hydroxylation is 3. The number of benzene rings is 2. The van der Waals surface area contributed by atoms with Crippen LogP contribution in [0.3, 0.4) is 0 Å². The Bertz CT molecular complexity index is 592. The van der Waals surface area contributed by atoms with E-state index in [-0.39, 0.29) is 6.04 Å². The minimum atomic E-state index is 0.154. The van der Waals surface area contributed by atoms with Crippen molar-refractivity contribution in [2.45, 2.75) is 39.2 Å². The molecule has 0 saturated carbocycles. The van der Waals surface area contributed by atoms with E-state index in [1.54, 1.807) is 7.11 Å². The van der Waals surface area contributed by atoms with Crippen LogP contribution in [0.2, 0.25) is 0 Å². The first-order chi connectivity index (χ1) is 10.1. The predicted molar refractivity (Wildman–Crippen MR) is 88.9 cm³/mol. The lowest BCUT2D eigenvalue weighted by Crippen LogP contribution is -2.23. The van der Waals surface area contributed by atoms with E-state index in [0.29, 0.717) is 0 Å². The number of rotatable bonds is 6. The van der Waals surface area contributed by atoms with Gasteiger partial charge in [0.2, 0.25) is 0 Å².